The largest absolute Gasteiger partial charge is 0.348 e. The third-order valence-corrected chi connectivity index (χ3v) is 3.63. The minimum absolute atomic E-state index is 0.304. The van der Waals surface area contributed by atoms with Gasteiger partial charge in [0.1, 0.15) is 18.3 Å². The molecule has 3 fully saturated rings. The smallest absolute Gasteiger partial charge is 0.188 e. The van der Waals surface area contributed by atoms with Crippen molar-refractivity contribution in [3.8, 4) is 0 Å². The highest BCUT2D eigenvalue weighted by atomic mass is 16.8. The van der Waals surface area contributed by atoms with Crippen LogP contribution in [0.1, 0.15) is 27.7 Å². The van der Waals surface area contributed by atoms with Crippen LogP contribution in [0.2, 0.25) is 0 Å². The van der Waals surface area contributed by atoms with Crippen molar-refractivity contribution >= 4 is 0 Å². The number of ether oxygens (including phenoxy) is 5. The van der Waals surface area contributed by atoms with Gasteiger partial charge in [0.15, 0.2) is 17.9 Å². The highest BCUT2D eigenvalue weighted by Crippen LogP contribution is 2.41. The van der Waals surface area contributed by atoms with Crippen molar-refractivity contribution < 1.29 is 23.7 Å². The van der Waals surface area contributed by atoms with Crippen molar-refractivity contribution in [1.82, 2.24) is 0 Å². The van der Waals surface area contributed by atoms with Crippen molar-refractivity contribution in [3.05, 3.63) is 10.4 Å². The van der Waals surface area contributed by atoms with E-state index in [2.05, 4.69) is 10.0 Å². The molecule has 0 spiro atoms. The molecule has 0 aromatic carbocycles. The fraction of sp³-hybridized carbons (Fsp3) is 1.00. The fourth-order valence-corrected chi connectivity index (χ4v) is 2.89. The lowest BCUT2D eigenvalue weighted by atomic mass is 10.0. The third-order valence-electron chi connectivity index (χ3n) is 3.63. The number of hydrogen-bond donors (Lipinski definition) is 0. The monoisotopic (exact) mass is 285 g/mol. The molecular formula is C12H19N3O5. The van der Waals surface area contributed by atoms with Gasteiger partial charge in [0, 0.05) is 4.91 Å². The van der Waals surface area contributed by atoms with E-state index in [-0.39, 0.29) is 6.10 Å². The maximum absolute atomic E-state index is 8.77. The average Bonchev–Trinajstić information content (AvgIpc) is 2.91. The maximum Gasteiger partial charge on any atom is 0.188 e. The molecule has 3 aliphatic rings. The number of fused-ring (bicyclic) bond motifs is 1. The number of hydrogen-bond acceptors (Lipinski definition) is 6. The molecule has 0 amide bonds. The Hall–Kier alpha value is -0.890. The first-order valence-electron chi connectivity index (χ1n) is 6.68. The lowest BCUT2D eigenvalue weighted by Gasteiger charge is -2.26. The fourth-order valence-electron chi connectivity index (χ4n) is 2.89. The summed E-state index contributed by atoms with van der Waals surface area (Å²) in [5.41, 5.74) is 8.77. The molecule has 0 aromatic heterocycles. The van der Waals surface area contributed by atoms with Gasteiger partial charge in [-0.05, 0) is 33.2 Å². The van der Waals surface area contributed by atoms with Crippen LogP contribution in [-0.2, 0) is 23.7 Å². The van der Waals surface area contributed by atoms with Gasteiger partial charge in [-0.15, -0.1) is 0 Å². The molecular weight excluding hydrogens is 266 g/mol. The Balaban J connectivity index is 1.78. The van der Waals surface area contributed by atoms with Crippen LogP contribution in [0.4, 0.5) is 0 Å². The second-order valence-electron chi connectivity index (χ2n) is 6.13. The van der Waals surface area contributed by atoms with Gasteiger partial charge in [-0.25, -0.2) is 0 Å². The molecule has 0 aromatic rings. The standard InChI is InChI=1S/C12H19N3O5/c1-11(2)16-5-6(18-11)8-7(14-15-13)9-10(17-8)20-12(3,4)19-9/h6-10H,5H2,1-4H3/t6-,7+,8+,9+,10-/m1/s1. The molecule has 0 unspecified atom stereocenters. The molecule has 0 saturated carbocycles. The topological polar surface area (TPSA) is 94.9 Å². The summed E-state index contributed by atoms with van der Waals surface area (Å²) < 4.78 is 28.6. The summed E-state index contributed by atoms with van der Waals surface area (Å²) in [7, 11) is 0. The van der Waals surface area contributed by atoms with Crippen LogP contribution in [0.25, 0.3) is 10.4 Å². The first-order chi connectivity index (χ1) is 9.31. The minimum Gasteiger partial charge on any atom is -0.348 e. The van der Waals surface area contributed by atoms with Crippen LogP contribution < -0.4 is 0 Å². The lowest BCUT2D eigenvalue weighted by molar-refractivity contribution is -0.222. The van der Waals surface area contributed by atoms with Gasteiger partial charge >= 0.3 is 0 Å². The molecule has 3 heterocycles. The molecule has 112 valence electrons. The second-order valence-corrected chi connectivity index (χ2v) is 6.13. The van der Waals surface area contributed by atoms with Gasteiger partial charge < -0.3 is 23.7 Å². The first kappa shape index (κ1) is 14.1. The predicted molar refractivity (Wildman–Crippen MR) is 66.5 cm³/mol. The van der Waals surface area contributed by atoms with Gasteiger partial charge in [-0.1, -0.05) is 5.11 Å². The Bertz CT molecular complexity index is 448. The highest BCUT2D eigenvalue weighted by molar-refractivity contribution is 5.01. The molecule has 0 bridgehead atoms. The van der Waals surface area contributed by atoms with E-state index in [9.17, 15) is 0 Å². The summed E-state index contributed by atoms with van der Waals surface area (Å²) in [6.07, 6.45) is -1.70. The van der Waals surface area contributed by atoms with E-state index in [1.807, 2.05) is 13.8 Å². The van der Waals surface area contributed by atoms with E-state index >= 15 is 0 Å². The van der Waals surface area contributed by atoms with E-state index < -0.39 is 36.1 Å². The molecule has 8 nitrogen and oxygen atoms in total. The van der Waals surface area contributed by atoms with Gasteiger partial charge in [0.25, 0.3) is 0 Å². The maximum atomic E-state index is 8.77. The summed E-state index contributed by atoms with van der Waals surface area (Å²) in [5.74, 6) is -1.40. The van der Waals surface area contributed by atoms with E-state index in [0.717, 1.165) is 0 Å². The van der Waals surface area contributed by atoms with E-state index in [1.54, 1.807) is 13.8 Å². The molecule has 3 aliphatic heterocycles. The lowest BCUT2D eigenvalue weighted by Crippen LogP contribution is -2.41. The molecule has 3 saturated heterocycles. The van der Waals surface area contributed by atoms with E-state index in [0.29, 0.717) is 6.61 Å². The first-order valence-corrected chi connectivity index (χ1v) is 6.68. The second kappa shape index (κ2) is 4.56. The molecule has 0 aliphatic carbocycles. The summed E-state index contributed by atoms with van der Waals surface area (Å²) >= 11 is 0. The van der Waals surface area contributed by atoms with Crippen LogP contribution in [0.3, 0.4) is 0 Å². The van der Waals surface area contributed by atoms with Crippen molar-refractivity contribution in [2.75, 3.05) is 6.61 Å². The SMILES string of the molecule is CC1(C)O[C@H]2O[C@@H]([C@H]3COC(C)(C)O3)[C@H](N=[N+]=[N-])[C@@H]2O1. The Labute approximate surface area is 116 Å². The van der Waals surface area contributed by atoms with Crippen LogP contribution in [0, 0.1) is 0 Å². The van der Waals surface area contributed by atoms with E-state index in [4.69, 9.17) is 29.2 Å². The quantitative estimate of drug-likeness (QED) is 0.437. The molecule has 3 rings (SSSR count). The molecule has 20 heavy (non-hydrogen) atoms. The zero-order chi connectivity index (χ0) is 14.5. The molecule has 8 heteroatoms. The average molecular weight is 285 g/mol. The normalized spacial score (nSPS) is 45.1. The Morgan fingerprint density at radius 3 is 2.40 bits per heavy atom. The van der Waals surface area contributed by atoms with Crippen molar-refractivity contribution in [2.45, 2.75) is 69.9 Å². The van der Waals surface area contributed by atoms with Crippen LogP contribution >= 0.6 is 0 Å². The Morgan fingerprint density at radius 1 is 1.05 bits per heavy atom. The predicted octanol–water partition coefficient (Wildman–Crippen LogP) is 1.69. The Morgan fingerprint density at radius 2 is 1.80 bits per heavy atom. The summed E-state index contributed by atoms with van der Waals surface area (Å²) in [6, 6.07) is -0.491. The number of rotatable bonds is 2. The van der Waals surface area contributed by atoms with Gasteiger partial charge in [-0.3, -0.25) is 0 Å². The summed E-state index contributed by atoms with van der Waals surface area (Å²) in [6.45, 7) is 7.66. The zero-order valence-corrected chi connectivity index (χ0v) is 12.0. The summed E-state index contributed by atoms with van der Waals surface area (Å²) in [5, 5.41) is 3.82. The van der Waals surface area contributed by atoms with E-state index in [1.165, 1.54) is 0 Å². The molecule has 0 radical (unpaired) electrons. The summed E-state index contributed by atoms with van der Waals surface area (Å²) in [4.78, 5) is 2.90. The zero-order valence-electron chi connectivity index (χ0n) is 12.0. The van der Waals surface area contributed by atoms with Gasteiger partial charge in [0.2, 0.25) is 0 Å². The van der Waals surface area contributed by atoms with Crippen LogP contribution in [0.5, 0.6) is 0 Å². The van der Waals surface area contributed by atoms with Gasteiger partial charge in [0.05, 0.1) is 12.6 Å². The van der Waals surface area contributed by atoms with Crippen molar-refractivity contribution in [2.24, 2.45) is 5.11 Å². The highest BCUT2D eigenvalue weighted by Gasteiger charge is 2.57. The number of nitrogens with zero attached hydrogens (tertiary/aromatic N) is 3. The molecule has 5 atom stereocenters. The minimum atomic E-state index is -0.740. The van der Waals surface area contributed by atoms with Crippen molar-refractivity contribution in [1.29, 1.82) is 0 Å². The molecule has 0 N–H and O–H groups in total. The Kier molecular flexibility index (Phi) is 3.20. The van der Waals surface area contributed by atoms with Crippen LogP contribution in [0.15, 0.2) is 5.11 Å². The number of azide groups is 1. The van der Waals surface area contributed by atoms with Crippen LogP contribution in [-0.4, -0.2) is 48.8 Å². The third kappa shape index (κ3) is 2.39. The van der Waals surface area contributed by atoms with Crippen molar-refractivity contribution in [3.63, 3.8) is 0 Å². The van der Waals surface area contributed by atoms with Gasteiger partial charge in [-0.2, -0.15) is 0 Å².